The second kappa shape index (κ2) is 7.99. The van der Waals surface area contributed by atoms with E-state index in [9.17, 15) is 14.9 Å². The molecule has 0 aromatic heterocycles. The van der Waals surface area contributed by atoms with Crippen molar-refractivity contribution in [2.24, 2.45) is 0 Å². The molecule has 6 heteroatoms. The first-order valence-electron chi connectivity index (χ1n) is 8.96. The van der Waals surface area contributed by atoms with Crippen molar-refractivity contribution in [2.45, 2.75) is 32.6 Å². The molecule has 1 saturated heterocycles. The molecule has 0 unspecified atom stereocenters. The van der Waals surface area contributed by atoms with Crippen LogP contribution in [0.2, 0.25) is 0 Å². The van der Waals surface area contributed by atoms with E-state index in [-0.39, 0.29) is 11.3 Å². The number of hydrogen-bond acceptors (Lipinski definition) is 4. The molecule has 2 aromatic rings. The van der Waals surface area contributed by atoms with Crippen LogP contribution in [-0.4, -0.2) is 23.9 Å². The van der Waals surface area contributed by atoms with Gasteiger partial charge in [-0.25, -0.2) is 0 Å². The van der Waals surface area contributed by atoms with Crippen LogP contribution in [0.25, 0.3) is 0 Å². The number of nitro benzene ring substituents is 1. The van der Waals surface area contributed by atoms with Gasteiger partial charge in [-0.05, 0) is 50.1 Å². The number of nitro groups is 1. The quantitative estimate of drug-likeness (QED) is 0.647. The van der Waals surface area contributed by atoms with E-state index < -0.39 is 10.8 Å². The van der Waals surface area contributed by atoms with Crippen LogP contribution in [0.15, 0.2) is 42.5 Å². The molecule has 26 heavy (non-hydrogen) atoms. The fourth-order valence-electron chi connectivity index (χ4n) is 3.37. The molecule has 136 valence electrons. The van der Waals surface area contributed by atoms with E-state index in [1.54, 1.807) is 19.1 Å². The van der Waals surface area contributed by atoms with Gasteiger partial charge in [-0.15, -0.1) is 0 Å². The molecule has 3 rings (SSSR count). The van der Waals surface area contributed by atoms with Gasteiger partial charge in [0.15, 0.2) is 0 Å². The standard InChI is InChI=1S/C20H23N3O3/c1-15-7-6-8-18(19(15)23(25)26)20(24)21-16-9-11-17(12-10-16)22-13-4-2-3-5-14-22/h6-12H,2-5,13-14H2,1H3,(H,21,24). The number of amides is 1. The number of benzene rings is 2. The summed E-state index contributed by atoms with van der Waals surface area (Å²) in [5, 5.41) is 14.0. The summed E-state index contributed by atoms with van der Waals surface area (Å²) in [4.78, 5) is 25.6. The lowest BCUT2D eigenvalue weighted by Gasteiger charge is -2.22. The second-order valence-corrected chi connectivity index (χ2v) is 6.63. The van der Waals surface area contributed by atoms with Crippen LogP contribution in [0.4, 0.5) is 17.1 Å². The molecule has 1 fully saturated rings. The molecule has 0 atom stereocenters. The van der Waals surface area contributed by atoms with Crippen molar-refractivity contribution >= 4 is 23.0 Å². The molecule has 0 spiro atoms. The Hall–Kier alpha value is -2.89. The molecule has 0 aliphatic carbocycles. The minimum absolute atomic E-state index is 0.0756. The first-order valence-corrected chi connectivity index (χ1v) is 8.96. The Morgan fingerprint density at radius 2 is 1.69 bits per heavy atom. The highest BCUT2D eigenvalue weighted by Crippen LogP contribution is 2.25. The van der Waals surface area contributed by atoms with E-state index in [4.69, 9.17) is 0 Å². The zero-order valence-corrected chi connectivity index (χ0v) is 14.9. The number of aryl methyl sites for hydroxylation is 1. The summed E-state index contributed by atoms with van der Waals surface area (Å²) >= 11 is 0. The van der Waals surface area contributed by atoms with Crippen molar-refractivity contribution in [3.63, 3.8) is 0 Å². The molecule has 0 saturated carbocycles. The number of anilines is 2. The maximum absolute atomic E-state index is 12.5. The lowest BCUT2D eigenvalue weighted by atomic mass is 10.1. The van der Waals surface area contributed by atoms with Crippen LogP contribution >= 0.6 is 0 Å². The Labute approximate surface area is 153 Å². The molecule has 1 amide bonds. The van der Waals surface area contributed by atoms with Crippen LogP contribution in [0.1, 0.15) is 41.6 Å². The van der Waals surface area contributed by atoms with Crippen molar-refractivity contribution < 1.29 is 9.72 Å². The van der Waals surface area contributed by atoms with Gasteiger partial charge >= 0.3 is 0 Å². The molecule has 1 heterocycles. The average Bonchev–Trinajstić information content (AvgIpc) is 2.91. The first-order chi connectivity index (χ1) is 12.6. The van der Waals surface area contributed by atoms with Crippen molar-refractivity contribution in [1.82, 2.24) is 0 Å². The van der Waals surface area contributed by atoms with Gasteiger partial charge in [-0.1, -0.05) is 25.0 Å². The van der Waals surface area contributed by atoms with Gasteiger partial charge in [0, 0.05) is 30.0 Å². The third kappa shape index (κ3) is 4.02. The fourth-order valence-corrected chi connectivity index (χ4v) is 3.37. The Balaban J connectivity index is 1.74. The molecule has 1 aliphatic rings. The monoisotopic (exact) mass is 353 g/mol. The maximum atomic E-state index is 12.5. The van der Waals surface area contributed by atoms with Crippen LogP contribution in [0.3, 0.4) is 0 Å². The number of para-hydroxylation sites is 1. The van der Waals surface area contributed by atoms with Gasteiger partial charge in [0.25, 0.3) is 11.6 Å². The van der Waals surface area contributed by atoms with Crippen LogP contribution in [-0.2, 0) is 0 Å². The summed E-state index contributed by atoms with van der Waals surface area (Å²) < 4.78 is 0. The Kier molecular flexibility index (Phi) is 5.51. The number of nitrogens with one attached hydrogen (secondary N) is 1. The van der Waals surface area contributed by atoms with Gasteiger partial charge in [0.1, 0.15) is 5.56 Å². The van der Waals surface area contributed by atoms with Crippen LogP contribution in [0, 0.1) is 17.0 Å². The van der Waals surface area contributed by atoms with Crippen molar-refractivity contribution in [3.05, 3.63) is 63.7 Å². The molecule has 2 aromatic carbocycles. The van der Waals surface area contributed by atoms with Crippen LogP contribution < -0.4 is 10.2 Å². The maximum Gasteiger partial charge on any atom is 0.285 e. The topological polar surface area (TPSA) is 75.5 Å². The SMILES string of the molecule is Cc1cccc(C(=O)Nc2ccc(N3CCCCCC3)cc2)c1[N+](=O)[O-]. The fraction of sp³-hybridized carbons (Fsp3) is 0.350. The Morgan fingerprint density at radius 1 is 1.04 bits per heavy atom. The molecule has 1 aliphatic heterocycles. The smallest absolute Gasteiger partial charge is 0.285 e. The summed E-state index contributed by atoms with van der Waals surface area (Å²) in [6.45, 7) is 3.74. The van der Waals surface area contributed by atoms with E-state index in [1.165, 1.54) is 31.7 Å². The third-order valence-corrected chi connectivity index (χ3v) is 4.76. The largest absolute Gasteiger partial charge is 0.372 e. The predicted molar refractivity (Wildman–Crippen MR) is 103 cm³/mol. The molecule has 6 nitrogen and oxygen atoms in total. The van der Waals surface area contributed by atoms with E-state index in [0.717, 1.165) is 18.8 Å². The normalized spacial score (nSPS) is 14.6. The molecule has 0 radical (unpaired) electrons. The summed E-state index contributed by atoms with van der Waals surface area (Å²) in [5.74, 6) is -0.470. The van der Waals surface area contributed by atoms with Gasteiger partial charge in [-0.3, -0.25) is 14.9 Å². The number of rotatable bonds is 4. The Morgan fingerprint density at radius 3 is 2.31 bits per heavy atom. The van der Waals surface area contributed by atoms with Crippen LogP contribution in [0.5, 0.6) is 0 Å². The zero-order valence-electron chi connectivity index (χ0n) is 14.9. The summed E-state index contributed by atoms with van der Waals surface area (Å²) in [6, 6.07) is 12.4. The third-order valence-electron chi connectivity index (χ3n) is 4.76. The average molecular weight is 353 g/mol. The number of carbonyl (C=O) groups is 1. The Bertz CT molecular complexity index is 794. The lowest BCUT2D eigenvalue weighted by molar-refractivity contribution is -0.385. The lowest BCUT2D eigenvalue weighted by Crippen LogP contribution is -2.23. The summed E-state index contributed by atoms with van der Waals surface area (Å²) in [5.41, 5.74) is 2.17. The van der Waals surface area contributed by atoms with Gasteiger partial charge in [0.05, 0.1) is 4.92 Å². The van der Waals surface area contributed by atoms with Gasteiger partial charge in [-0.2, -0.15) is 0 Å². The molecular weight excluding hydrogens is 330 g/mol. The van der Waals surface area contributed by atoms with E-state index in [1.807, 2.05) is 24.3 Å². The predicted octanol–water partition coefficient (Wildman–Crippen LogP) is 4.54. The number of nitrogens with zero attached hydrogens (tertiary/aromatic N) is 2. The summed E-state index contributed by atoms with van der Waals surface area (Å²) in [7, 11) is 0. The van der Waals surface area contributed by atoms with Crippen molar-refractivity contribution in [2.75, 3.05) is 23.3 Å². The zero-order chi connectivity index (χ0) is 18.5. The molecular formula is C20H23N3O3. The van der Waals surface area contributed by atoms with Gasteiger partial charge < -0.3 is 10.2 Å². The highest BCUT2D eigenvalue weighted by atomic mass is 16.6. The number of hydrogen-bond donors (Lipinski definition) is 1. The summed E-state index contributed by atoms with van der Waals surface area (Å²) in [6.07, 6.45) is 4.96. The molecule has 1 N–H and O–H groups in total. The van der Waals surface area contributed by atoms with E-state index >= 15 is 0 Å². The van der Waals surface area contributed by atoms with E-state index in [2.05, 4.69) is 10.2 Å². The minimum atomic E-state index is -0.507. The number of carbonyl (C=O) groups excluding carboxylic acids is 1. The van der Waals surface area contributed by atoms with Crippen molar-refractivity contribution in [3.8, 4) is 0 Å². The second-order valence-electron chi connectivity index (χ2n) is 6.63. The first kappa shape index (κ1) is 17.9. The minimum Gasteiger partial charge on any atom is -0.372 e. The van der Waals surface area contributed by atoms with E-state index in [0.29, 0.717) is 11.3 Å². The molecule has 0 bridgehead atoms. The highest BCUT2D eigenvalue weighted by molar-refractivity contribution is 6.07. The van der Waals surface area contributed by atoms with Gasteiger partial charge in [0.2, 0.25) is 0 Å². The van der Waals surface area contributed by atoms with Crippen molar-refractivity contribution in [1.29, 1.82) is 0 Å². The highest BCUT2D eigenvalue weighted by Gasteiger charge is 2.22.